The predicted molar refractivity (Wildman–Crippen MR) is 104 cm³/mol. The number of carbonyl (C=O) groups is 1. The second-order valence-electron chi connectivity index (χ2n) is 9.29. The molecule has 25 heavy (non-hydrogen) atoms. The largest absolute Gasteiger partial charge is 0.326 e. The lowest BCUT2D eigenvalue weighted by atomic mass is 9.61. The Kier molecular flexibility index (Phi) is 5.99. The van der Waals surface area contributed by atoms with Crippen LogP contribution in [0.4, 0.5) is 0 Å². The maximum atomic E-state index is 13.0. The standard InChI is InChI=1S/C21H33Cl2NO/c22-18-9-7-15(12-19(18)23)21(25)13-24-11-3-6-17-16-5-2-1-4-14(16)8-10-20(17)24/h14-20H,1-13H2/p+1. The van der Waals surface area contributed by atoms with E-state index in [9.17, 15) is 4.79 Å². The Morgan fingerprint density at radius 1 is 0.840 bits per heavy atom. The molecule has 1 N–H and O–H groups in total. The Morgan fingerprint density at radius 2 is 1.64 bits per heavy atom. The molecule has 3 aliphatic carbocycles. The first-order valence-electron chi connectivity index (χ1n) is 10.8. The number of likely N-dealkylation sites (tertiary alicyclic amines) is 1. The molecule has 0 bridgehead atoms. The summed E-state index contributed by atoms with van der Waals surface area (Å²) in [5.41, 5.74) is 0. The molecule has 8 atom stereocenters. The van der Waals surface area contributed by atoms with Gasteiger partial charge in [-0.05, 0) is 63.2 Å². The average Bonchev–Trinajstić information content (AvgIpc) is 2.64. The highest BCUT2D eigenvalue weighted by atomic mass is 35.5. The number of nitrogens with one attached hydrogen (secondary N) is 1. The van der Waals surface area contributed by atoms with Gasteiger partial charge in [-0.15, -0.1) is 23.2 Å². The zero-order chi connectivity index (χ0) is 17.4. The van der Waals surface area contributed by atoms with E-state index < -0.39 is 0 Å². The van der Waals surface area contributed by atoms with Crippen molar-refractivity contribution in [3.63, 3.8) is 0 Å². The Labute approximate surface area is 163 Å². The molecule has 0 aromatic carbocycles. The molecule has 1 saturated heterocycles. The van der Waals surface area contributed by atoms with Gasteiger partial charge in [0.25, 0.3) is 0 Å². The molecule has 4 fully saturated rings. The number of quaternary nitrogens is 1. The van der Waals surface area contributed by atoms with Gasteiger partial charge in [0.2, 0.25) is 0 Å². The van der Waals surface area contributed by atoms with Crippen LogP contribution in [0.1, 0.15) is 70.6 Å². The van der Waals surface area contributed by atoms with Crippen molar-refractivity contribution in [2.75, 3.05) is 13.1 Å². The zero-order valence-corrected chi connectivity index (χ0v) is 16.9. The molecule has 2 nitrogen and oxygen atoms in total. The molecule has 0 aromatic heterocycles. The van der Waals surface area contributed by atoms with E-state index in [4.69, 9.17) is 23.2 Å². The first-order chi connectivity index (χ1) is 12.1. The highest BCUT2D eigenvalue weighted by Crippen LogP contribution is 2.45. The van der Waals surface area contributed by atoms with E-state index in [1.54, 1.807) is 4.90 Å². The van der Waals surface area contributed by atoms with Gasteiger partial charge in [-0.1, -0.05) is 19.3 Å². The summed E-state index contributed by atoms with van der Waals surface area (Å²) in [6.45, 7) is 1.96. The third-order valence-electron chi connectivity index (χ3n) is 7.99. The van der Waals surface area contributed by atoms with Crippen LogP contribution in [0.5, 0.6) is 0 Å². The second-order valence-corrected chi connectivity index (χ2v) is 10.4. The highest BCUT2D eigenvalue weighted by Gasteiger charge is 2.47. The normalized spacial score (nSPS) is 47.6. The summed E-state index contributed by atoms with van der Waals surface area (Å²) in [7, 11) is 0. The summed E-state index contributed by atoms with van der Waals surface area (Å²) in [5.74, 6) is 3.50. The van der Waals surface area contributed by atoms with Crippen LogP contribution in [0.25, 0.3) is 0 Å². The maximum absolute atomic E-state index is 13.0. The number of Topliss-reactive ketones (excluding diaryl/α,β-unsaturated/α-hetero) is 1. The average molecular weight is 387 g/mol. The topological polar surface area (TPSA) is 21.5 Å². The van der Waals surface area contributed by atoms with Gasteiger partial charge in [0.1, 0.15) is 6.54 Å². The van der Waals surface area contributed by atoms with E-state index in [1.807, 2.05) is 0 Å². The molecule has 1 heterocycles. The molecule has 0 amide bonds. The van der Waals surface area contributed by atoms with Crippen molar-refractivity contribution in [2.45, 2.75) is 87.4 Å². The molecular weight excluding hydrogens is 353 g/mol. The number of carbonyl (C=O) groups excluding carboxylic acids is 1. The van der Waals surface area contributed by atoms with E-state index in [0.717, 1.165) is 49.6 Å². The Morgan fingerprint density at radius 3 is 2.48 bits per heavy atom. The van der Waals surface area contributed by atoms with E-state index in [-0.39, 0.29) is 16.7 Å². The summed E-state index contributed by atoms with van der Waals surface area (Å²) < 4.78 is 0. The molecule has 0 spiro atoms. The predicted octanol–water partition coefficient (Wildman–Crippen LogP) is 3.83. The fraction of sp³-hybridized carbons (Fsp3) is 0.952. The number of hydrogen-bond acceptors (Lipinski definition) is 1. The number of alkyl halides is 2. The minimum Gasteiger partial charge on any atom is -0.326 e. The van der Waals surface area contributed by atoms with E-state index in [0.29, 0.717) is 5.78 Å². The first-order valence-corrected chi connectivity index (χ1v) is 11.7. The number of piperidine rings is 1. The third kappa shape index (κ3) is 3.92. The van der Waals surface area contributed by atoms with Crippen molar-refractivity contribution < 1.29 is 9.69 Å². The Balaban J connectivity index is 1.38. The third-order valence-corrected chi connectivity index (χ3v) is 9.13. The molecule has 4 rings (SSSR count). The number of hydrogen-bond donors (Lipinski definition) is 1. The molecule has 0 aromatic rings. The molecule has 1 aliphatic heterocycles. The molecule has 8 unspecified atom stereocenters. The fourth-order valence-corrected chi connectivity index (χ4v) is 7.27. The van der Waals surface area contributed by atoms with Crippen LogP contribution in [0, 0.1) is 23.7 Å². The summed E-state index contributed by atoms with van der Waals surface area (Å²) in [6.07, 6.45) is 14.0. The van der Waals surface area contributed by atoms with Crippen LogP contribution in [0.3, 0.4) is 0 Å². The first kappa shape index (κ1) is 18.6. The van der Waals surface area contributed by atoms with Gasteiger partial charge in [-0.2, -0.15) is 0 Å². The zero-order valence-electron chi connectivity index (χ0n) is 15.4. The summed E-state index contributed by atoms with van der Waals surface area (Å²) >= 11 is 12.6. The Bertz CT molecular complexity index is 485. The van der Waals surface area contributed by atoms with Crippen molar-refractivity contribution in [1.29, 1.82) is 0 Å². The lowest BCUT2D eigenvalue weighted by Gasteiger charge is -2.50. The number of fused-ring (bicyclic) bond motifs is 3. The quantitative estimate of drug-likeness (QED) is 0.731. The van der Waals surface area contributed by atoms with Crippen molar-refractivity contribution in [1.82, 2.24) is 0 Å². The molecule has 0 radical (unpaired) electrons. The highest BCUT2D eigenvalue weighted by molar-refractivity contribution is 6.30. The lowest BCUT2D eigenvalue weighted by molar-refractivity contribution is -0.929. The molecule has 142 valence electrons. The minimum absolute atomic E-state index is 0.0221. The van der Waals surface area contributed by atoms with Gasteiger partial charge >= 0.3 is 0 Å². The molecule has 3 saturated carbocycles. The van der Waals surface area contributed by atoms with Crippen LogP contribution >= 0.6 is 23.2 Å². The van der Waals surface area contributed by atoms with E-state index in [2.05, 4.69) is 0 Å². The number of rotatable bonds is 3. The van der Waals surface area contributed by atoms with Gasteiger partial charge in [-0.25, -0.2) is 0 Å². The Hall–Kier alpha value is 0.210. The van der Waals surface area contributed by atoms with E-state index in [1.165, 1.54) is 57.9 Å². The molecule has 4 heteroatoms. The van der Waals surface area contributed by atoms with Crippen LogP contribution in [0.15, 0.2) is 0 Å². The molecular formula is C21H34Cl2NO+. The van der Waals surface area contributed by atoms with Gasteiger partial charge in [0.15, 0.2) is 5.78 Å². The van der Waals surface area contributed by atoms with Crippen LogP contribution in [0.2, 0.25) is 0 Å². The van der Waals surface area contributed by atoms with Gasteiger partial charge in [-0.3, -0.25) is 4.79 Å². The summed E-state index contributed by atoms with van der Waals surface area (Å²) in [6, 6.07) is 0.758. The number of halogens is 2. The van der Waals surface area contributed by atoms with E-state index >= 15 is 0 Å². The van der Waals surface area contributed by atoms with Crippen molar-refractivity contribution in [3.05, 3.63) is 0 Å². The second kappa shape index (κ2) is 8.07. The van der Waals surface area contributed by atoms with Gasteiger partial charge in [0, 0.05) is 17.2 Å². The van der Waals surface area contributed by atoms with Gasteiger partial charge < -0.3 is 4.90 Å². The lowest BCUT2D eigenvalue weighted by Crippen LogP contribution is -3.18. The van der Waals surface area contributed by atoms with Gasteiger partial charge in [0.05, 0.1) is 18.0 Å². The summed E-state index contributed by atoms with van der Waals surface area (Å²) in [4.78, 5) is 14.6. The number of ketones is 1. The maximum Gasteiger partial charge on any atom is 0.189 e. The van der Waals surface area contributed by atoms with Crippen LogP contribution < -0.4 is 4.90 Å². The van der Waals surface area contributed by atoms with Crippen LogP contribution in [-0.4, -0.2) is 35.7 Å². The fourth-order valence-electron chi connectivity index (χ4n) is 6.70. The molecule has 4 aliphatic rings. The minimum atomic E-state index is -0.0221. The SMILES string of the molecule is O=C(C[NH+]1CCCC2C3CCCCC3CCC21)C1CCC(Cl)C(Cl)C1. The smallest absolute Gasteiger partial charge is 0.189 e. The van der Waals surface area contributed by atoms with Crippen molar-refractivity contribution in [2.24, 2.45) is 23.7 Å². The summed E-state index contributed by atoms with van der Waals surface area (Å²) in [5, 5.41) is 0.0326. The van der Waals surface area contributed by atoms with Crippen molar-refractivity contribution in [3.8, 4) is 0 Å². The van der Waals surface area contributed by atoms with Crippen molar-refractivity contribution >= 4 is 29.0 Å². The van der Waals surface area contributed by atoms with Crippen LogP contribution in [-0.2, 0) is 4.79 Å². The monoisotopic (exact) mass is 386 g/mol.